The number of hydrogen-bond acceptors (Lipinski definition) is 2. The molecule has 1 amide bonds. The van der Waals surface area contributed by atoms with Crippen LogP contribution in [0.3, 0.4) is 0 Å². The Labute approximate surface area is 91.2 Å². The molecule has 0 unspecified atom stereocenters. The van der Waals surface area contributed by atoms with Crippen molar-refractivity contribution < 1.29 is 14.0 Å². The van der Waals surface area contributed by atoms with Crippen molar-refractivity contribution in [3.63, 3.8) is 0 Å². The van der Waals surface area contributed by atoms with E-state index in [1.807, 2.05) is 0 Å². The molecule has 0 saturated carbocycles. The molecule has 1 N–H and O–H groups in total. The van der Waals surface area contributed by atoms with Gasteiger partial charge in [0.15, 0.2) is 0 Å². The highest BCUT2D eigenvalue weighted by Crippen LogP contribution is 2.22. The fourth-order valence-electron chi connectivity index (χ4n) is 1.01. The number of nitrogens with one attached hydrogen (secondary N) is 1. The van der Waals surface area contributed by atoms with Crippen molar-refractivity contribution in [1.29, 1.82) is 0 Å². The number of ketones is 1. The number of amides is 1. The second-order valence-corrected chi connectivity index (χ2v) is 3.46. The Bertz CT molecular complexity index is 406. The Morgan fingerprint density at radius 2 is 2.13 bits per heavy atom. The standard InChI is InChI=1S/C10H9ClFNO2/c1-6(14)4-10(15)13-9-3-2-7(12)5-8(9)11/h2-3,5H,4H2,1H3,(H,13,15). The van der Waals surface area contributed by atoms with Crippen LogP contribution in [0.5, 0.6) is 0 Å². The summed E-state index contributed by atoms with van der Waals surface area (Å²) in [6, 6.07) is 3.61. The lowest BCUT2D eigenvalue weighted by atomic mass is 10.2. The van der Waals surface area contributed by atoms with E-state index in [-0.39, 0.29) is 17.2 Å². The lowest BCUT2D eigenvalue weighted by Crippen LogP contribution is -2.14. The van der Waals surface area contributed by atoms with Gasteiger partial charge in [0.05, 0.1) is 17.1 Å². The van der Waals surface area contributed by atoms with Crippen LogP contribution >= 0.6 is 11.6 Å². The highest BCUT2D eigenvalue weighted by Gasteiger charge is 2.08. The molecule has 0 radical (unpaired) electrons. The van der Waals surface area contributed by atoms with Crippen molar-refractivity contribution in [2.24, 2.45) is 0 Å². The summed E-state index contributed by atoms with van der Waals surface area (Å²) < 4.78 is 12.6. The molecule has 1 rings (SSSR count). The number of anilines is 1. The van der Waals surface area contributed by atoms with E-state index in [0.717, 1.165) is 6.07 Å². The number of hydrogen-bond donors (Lipinski definition) is 1. The molecule has 0 aliphatic heterocycles. The van der Waals surface area contributed by atoms with Crippen molar-refractivity contribution in [1.82, 2.24) is 0 Å². The van der Waals surface area contributed by atoms with Crippen LogP contribution < -0.4 is 5.32 Å². The summed E-state index contributed by atoms with van der Waals surface area (Å²) in [5.41, 5.74) is 0.296. The normalized spacial score (nSPS) is 9.80. The Hall–Kier alpha value is -1.42. The fourth-order valence-corrected chi connectivity index (χ4v) is 1.23. The number of rotatable bonds is 3. The first-order valence-electron chi connectivity index (χ1n) is 4.23. The summed E-state index contributed by atoms with van der Waals surface area (Å²) >= 11 is 5.67. The lowest BCUT2D eigenvalue weighted by Gasteiger charge is -2.05. The summed E-state index contributed by atoms with van der Waals surface area (Å²) in [7, 11) is 0. The molecule has 0 atom stereocenters. The van der Waals surface area contributed by atoms with Gasteiger partial charge in [0.2, 0.25) is 5.91 Å². The minimum absolute atomic E-state index is 0.104. The number of benzene rings is 1. The maximum atomic E-state index is 12.6. The smallest absolute Gasteiger partial charge is 0.231 e. The molecule has 3 nitrogen and oxygen atoms in total. The molecule has 80 valence electrons. The predicted molar refractivity (Wildman–Crippen MR) is 55.3 cm³/mol. The predicted octanol–water partition coefficient (Wildman–Crippen LogP) is 2.40. The second kappa shape index (κ2) is 4.89. The Morgan fingerprint density at radius 1 is 1.47 bits per heavy atom. The van der Waals surface area contributed by atoms with E-state index < -0.39 is 11.7 Å². The quantitative estimate of drug-likeness (QED) is 0.809. The third kappa shape index (κ3) is 3.67. The van der Waals surface area contributed by atoms with E-state index in [1.54, 1.807) is 0 Å². The van der Waals surface area contributed by atoms with Crippen molar-refractivity contribution in [3.05, 3.63) is 29.0 Å². The van der Waals surface area contributed by atoms with E-state index in [1.165, 1.54) is 19.1 Å². The molecule has 0 saturated heterocycles. The first kappa shape index (κ1) is 11.7. The monoisotopic (exact) mass is 229 g/mol. The van der Waals surface area contributed by atoms with E-state index in [0.29, 0.717) is 5.69 Å². The van der Waals surface area contributed by atoms with E-state index in [9.17, 15) is 14.0 Å². The van der Waals surface area contributed by atoms with Gasteiger partial charge in [0, 0.05) is 0 Å². The number of carbonyl (C=O) groups is 2. The van der Waals surface area contributed by atoms with Crippen molar-refractivity contribution >= 4 is 29.0 Å². The average Bonchev–Trinajstić information content (AvgIpc) is 2.08. The molecule has 0 heterocycles. The molecule has 0 bridgehead atoms. The Kier molecular flexibility index (Phi) is 3.80. The minimum Gasteiger partial charge on any atom is -0.324 e. The van der Waals surface area contributed by atoms with Crippen LogP contribution in [0.4, 0.5) is 10.1 Å². The SMILES string of the molecule is CC(=O)CC(=O)Nc1ccc(F)cc1Cl. The molecule has 0 aliphatic rings. The number of Topliss-reactive ketones (excluding diaryl/α,β-unsaturated/α-hetero) is 1. The van der Waals surface area contributed by atoms with Gasteiger partial charge in [-0.3, -0.25) is 9.59 Å². The van der Waals surface area contributed by atoms with Gasteiger partial charge >= 0.3 is 0 Å². The highest BCUT2D eigenvalue weighted by atomic mass is 35.5. The Morgan fingerprint density at radius 3 is 2.67 bits per heavy atom. The van der Waals surface area contributed by atoms with Gasteiger partial charge in [-0.2, -0.15) is 0 Å². The van der Waals surface area contributed by atoms with Crippen molar-refractivity contribution in [3.8, 4) is 0 Å². The zero-order valence-corrected chi connectivity index (χ0v) is 8.77. The van der Waals surface area contributed by atoms with E-state index in [2.05, 4.69) is 5.32 Å². The van der Waals surface area contributed by atoms with Crippen LogP contribution in [0.15, 0.2) is 18.2 Å². The van der Waals surface area contributed by atoms with Crippen molar-refractivity contribution in [2.75, 3.05) is 5.32 Å². The zero-order valence-electron chi connectivity index (χ0n) is 8.01. The van der Waals surface area contributed by atoms with Gasteiger partial charge in [0.25, 0.3) is 0 Å². The second-order valence-electron chi connectivity index (χ2n) is 3.05. The van der Waals surface area contributed by atoms with Gasteiger partial charge < -0.3 is 5.32 Å². The largest absolute Gasteiger partial charge is 0.324 e. The third-order valence-electron chi connectivity index (χ3n) is 1.61. The molecule has 1 aromatic rings. The minimum atomic E-state index is -0.482. The summed E-state index contributed by atoms with van der Waals surface area (Å²) in [6.07, 6.45) is -0.215. The van der Waals surface area contributed by atoms with Crippen molar-refractivity contribution in [2.45, 2.75) is 13.3 Å². The molecule has 0 fully saturated rings. The number of carbonyl (C=O) groups excluding carboxylic acids is 2. The summed E-state index contributed by atoms with van der Waals surface area (Å²) in [6.45, 7) is 1.31. The van der Waals surface area contributed by atoms with Crippen LogP contribution in [0.1, 0.15) is 13.3 Å². The van der Waals surface area contributed by atoms with E-state index >= 15 is 0 Å². The van der Waals surface area contributed by atoms with Gasteiger partial charge in [-0.05, 0) is 25.1 Å². The third-order valence-corrected chi connectivity index (χ3v) is 1.93. The van der Waals surface area contributed by atoms with Crippen LogP contribution in [0, 0.1) is 5.82 Å². The molecular formula is C10H9ClFNO2. The first-order chi connectivity index (χ1) is 6.99. The topological polar surface area (TPSA) is 46.2 Å². The van der Waals surface area contributed by atoms with Crippen LogP contribution in [-0.4, -0.2) is 11.7 Å². The lowest BCUT2D eigenvalue weighted by molar-refractivity contribution is -0.124. The van der Waals surface area contributed by atoms with Gasteiger partial charge in [0.1, 0.15) is 11.6 Å². The molecule has 15 heavy (non-hydrogen) atoms. The summed E-state index contributed by atoms with van der Waals surface area (Å²) in [5, 5.41) is 2.51. The zero-order chi connectivity index (χ0) is 11.4. The molecule has 0 spiro atoms. The van der Waals surface area contributed by atoms with E-state index in [4.69, 9.17) is 11.6 Å². The van der Waals surface area contributed by atoms with Crippen LogP contribution in [0.25, 0.3) is 0 Å². The Balaban J connectivity index is 2.72. The first-order valence-corrected chi connectivity index (χ1v) is 4.61. The molecule has 1 aromatic carbocycles. The summed E-state index contributed by atoms with van der Waals surface area (Å²) in [4.78, 5) is 21.8. The summed E-state index contributed by atoms with van der Waals surface area (Å²) in [5.74, 6) is -1.19. The molecular weight excluding hydrogens is 221 g/mol. The molecule has 0 aliphatic carbocycles. The maximum absolute atomic E-state index is 12.6. The van der Waals surface area contributed by atoms with Gasteiger partial charge in [-0.1, -0.05) is 11.6 Å². The molecule has 0 aromatic heterocycles. The van der Waals surface area contributed by atoms with Crippen LogP contribution in [-0.2, 0) is 9.59 Å². The molecule has 5 heteroatoms. The fraction of sp³-hybridized carbons (Fsp3) is 0.200. The van der Waals surface area contributed by atoms with Gasteiger partial charge in [-0.15, -0.1) is 0 Å². The highest BCUT2D eigenvalue weighted by molar-refractivity contribution is 6.33. The van der Waals surface area contributed by atoms with Crippen LogP contribution in [0.2, 0.25) is 5.02 Å². The maximum Gasteiger partial charge on any atom is 0.231 e. The average molecular weight is 230 g/mol. The number of halogens is 2. The van der Waals surface area contributed by atoms with Gasteiger partial charge in [-0.25, -0.2) is 4.39 Å².